The molecule has 0 saturated carbocycles. The third-order valence-corrected chi connectivity index (χ3v) is 4.65. The molecule has 3 aromatic rings. The Bertz CT molecular complexity index is 777. The normalized spacial score (nSPS) is 11.2. The van der Waals surface area contributed by atoms with Gasteiger partial charge in [0.15, 0.2) is 5.13 Å². The summed E-state index contributed by atoms with van der Waals surface area (Å²) in [6, 6.07) is 12.4. The summed E-state index contributed by atoms with van der Waals surface area (Å²) in [7, 11) is 0. The van der Waals surface area contributed by atoms with Gasteiger partial charge in [0.05, 0.1) is 15.9 Å². The highest BCUT2D eigenvalue weighted by Gasteiger charge is 2.11. The van der Waals surface area contributed by atoms with Crippen molar-refractivity contribution in [2.24, 2.45) is 0 Å². The predicted octanol–water partition coefficient (Wildman–Crippen LogP) is 6.01. The van der Waals surface area contributed by atoms with Crippen molar-refractivity contribution in [1.29, 1.82) is 0 Å². The van der Waals surface area contributed by atoms with Crippen molar-refractivity contribution < 1.29 is 8.78 Å². The lowest BCUT2D eigenvalue weighted by atomic mass is 10.3. The van der Waals surface area contributed by atoms with Crippen molar-refractivity contribution in [3.05, 3.63) is 47.5 Å². The molecule has 0 aliphatic carbocycles. The topological polar surface area (TPSA) is 24.9 Å². The van der Waals surface area contributed by atoms with Gasteiger partial charge in [-0.25, -0.2) is 4.98 Å². The monoisotopic (exact) mass is 342 g/mol. The Morgan fingerprint density at radius 2 is 2.00 bits per heavy atom. The summed E-state index contributed by atoms with van der Waals surface area (Å²) in [5, 5.41) is 4.39. The zero-order valence-electron chi connectivity index (χ0n) is 10.5. The molecule has 2 nitrogen and oxygen atoms in total. The van der Waals surface area contributed by atoms with E-state index in [9.17, 15) is 8.78 Å². The molecule has 0 spiro atoms. The lowest BCUT2D eigenvalue weighted by Crippen LogP contribution is -1.93. The van der Waals surface area contributed by atoms with Crippen LogP contribution < -0.4 is 5.32 Å². The van der Waals surface area contributed by atoms with Crippen LogP contribution in [0.15, 0.2) is 47.4 Å². The SMILES string of the molecule is FC(F)Sc1ccccc1Nc1nc2ccc(Cl)cc2s1. The van der Waals surface area contributed by atoms with E-state index in [1.807, 2.05) is 12.1 Å². The number of nitrogens with one attached hydrogen (secondary N) is 1. The molecule has 0 aliphatic heterocycles. The molecule has 0 unspecified atom stereocenters. The number of alkyl halides is 2. The van der Waals surface area contributed by atoms with Crippen molar-refractivity contribution in [3.63, 3.8) is 0 Å². The maximum Gasteiger partial charge on any atom is 0.288 e. The van der Waals surface area contributed by atoms with Gasteiger partial charge in [-0.05, 0) is 30.3 Å². The van der Waals surface area contributed by atoms with Gasteiger partial charge in [0.2, 0.25) is 0 Å². The number of rotatable bonds is 4. The smallest absolute Gasteiger partial charge is 0.288 e. The molecule has 0 atom stereocenters. The summed E-state index contributed by atoms with van der Waals surface area (Å²) >= 11 is 7.89. The van der Waals surface area contributed by atoms with Crippen molar-refractivity contribution in [3.8, 4) is 0 Å². The molecule has 0 saturated heterocycles. The molecule has 21 heavy (non-hydrogen) atoms. The van der Waals surface area contributed by atoms with E-state index in [2.05, 4.69) is 10.3 Å². The number of hydrogen-bond acceptors (Lipinski definition) is 4. The minimum Gasteiger partial charge on any atom is -0.331 e. The lowest BCUT2D eigenvalue weighted by Gasteiger charge is -2.08. The van der Waals surface area contributed by atoms with Gasteiger partial charge in [-0.1, -0.05) is 46.8 Å². The summed E-state index contributed by atoms with van der Waals surface area (Å²) in [5.41, 5.74) is 1.44. The number of benzene rings is 2. The number of para-hydroxylation sites is 1. The van der Waals surface area contributed by atoms with Gasteiger partial charge in [-0.15, -0.1) is 0 Å². The van der Waals surface area contributed by atoms with E-state index >= 15 is 0 Å². The third kappa shape index (κ3) is 3.45. The van der Waals surface area contributed by atoms with Crippen LogP contribution in [-0.4, -0.2) is 10.7 Å². The first-order valence-electron chi connectivity index (χ1n) is 5.99. The minimum atomic E-state index is -2.46. The summed E-state index contributed by atoms with van der Waals surface area (Å²) in [6.45, 7) is 0. The standard InChI is InChI=1S/C14H9ClF2N2S2/c15-8-5-6-10-12(7-8)21-14(19-10)18-9-3-1-2-4-11(9)20-13(16)17/h1-7,13H,(H,18,19). The summed E-state index contributed by atoms with van der Waals surface area (Å²) in [5.74, 6) is -2.46. The number of thioether (sulfide) groups is 1. The first kappa shape index (κ1) is 14.6. The molecular weight excluding hydrogens is 334 g/mol. The van der Waals surface area contributed by atoms with Crippen LogP contribution in [-0.2, 0) is 0 Å². The van der Waals surface area contributed by atoms with Gasteiger partial charge >= 0.3 is 0 Å². The molecule has 0 fully saturated rings. The molecule has 108 valence electrons. The Kier molecular flexibility index (Phi) is 4.28. The second-order valence-electron chi connectivity index (χ2n) is 4.13. The maximum atomic E-state index is 12.6. The fourth-order valence-corrected chi connectivity index (χ4v) is 3.59. The number of thiazole rings is 1. The highest BCUT2D eigenvalue weighted by Crippen LogP contribution is 2.35. The quantitative estimate of drug-likeness (QED) is 0.588. The molecule has 0 amide bonds. The number of aromatic nitrogens is 1. The molecule has 1 aromatic heterocycles. The van der Waals surface area contributed by atoms with E-state index < -0.39 is 5.76 Å². The van der Waals surface area contributed by atoms with Gasteiger partial charge in [-0.3, -0.25) is 0 Å². The first-order chi connectivity index (χ1) is 10.1. The molecule has 1 N–H and O–H groups in total. The Hall–Kier alpha value is -1.37. The maximum absolute atomic E-state index is 12.6. The predicted molar refractivity (Wildman–Crippen MR) is 86.2 cm³/mol. The summed E-state index contributed by atoms with van der Waals surface area (Å²) in [6.07, 6.45) is 0. The van der Waals surface area contributed by atoms with Gasteiger partial charge in [0, 0.05) is 9.92 Å². The van der Waals surface area contributed by atoms with Crippen molar-refractivity contribution >= 4 is 55.7 Å². The average molecular weight is 343 g/mol. The van der Waals surface area contributed by atoms with E-state index in [0.29, 0.717) is 32.5 Å². The van der Waals surface area contributed by atoms with Gasteiger partial charge in [0.1, 0.15) is 0 Å². The van der Waals surface area contributed by atoms with E-state index in [-0.39, 0.29) is 0 Å². The highest BCUT2D eigenvalue weighted by atomic mass is 35.5. The Morgan fingerprint density at radius 1 is 1.19 bits per heavy atom. The second-order valence-corrected chi connectivity index (χ2v) is 6.63. The lowest BCUT2D eigenvalue weighted by molar-refractivity contribution is 0.252. The summed E-state index contributed by atoms with van der Waals surface area (Å²) in [4.78, 5) is 4.91. The van der Waals surface area contributed by atoms with Crippen LogP contribution in [0.4, 0.5) is 19.6 Å². The van der Waals surface area contributed by atoms with Gasteiger partial charge in [0.25, 0.3) is 5.76 Å². The van der Waals surface area contributed by atoms with Crippen LogP contribution in [0.1, 0.15) is 0 Å². The largest absolute Gasteiger partial charge is 0.331 e. The number of fused-ring (bicyclic) bond motifs is 1. The van der Waals surface area contributed by atoms with Crippen LogP contribution in [0.2, 0.25) is 5.02 Å². The van der Waals surface area contributed by atoms with Crippen LogP contribution in [0, 0.1) is 0 Å². The Balaban J connectivity index is 1.91. The van der Waals surface area contributed by atoms with E-state index in [4.69, 9.17) is 11.6 Å². The number of hydrogen-bond donors (Lipinski definition) is 1. The zero-order valence-corrected chi connectivity index (χ0v) is 12.9. The average Bonchev–Trinajstić information content (AvgIpc) is 2.82. The van der Waals surface area contributed by atoms with Gasteiger partial charge < -0.3 is 5.32 Å². The number of nitrogens with zero attached hydrogens (tertiary/aromatic N) is 1. The van der Waals surface area contributed by atoms with Gasteiger partial charge in [-0.2, -0.15) is 8.78 Å². The van der Waals surface area contributed by atoms with Crippen molar-refractivity contribution in [2.75, 3.05) is 5.32 Å². The van der Waals surface area contributed by atoms with Crippen LogP contribution in [0.3, 0.4) is 0 Å². The van der Waals surface area contributed by atoms with E-state index in [0.717, 1.165) is 10.2 Å². The van der Waals surface area contributed by atoms with Crippen LogP contribution in [0.25, 0.3) is 10.2 Å². The zero-order chi connectivity index (χ0) is 14.8. The second kappa shape index (κ2) is 6.17. The van der Waals surface area contributed by atoms with Crippen molar-refractivity contribution in [2.45, 2.75) is 10.7 Å². The fraction of sp³-hybridized carbons (Fsp3) is 0.0714. The summed E-state index contributed by atoms with van der Waals surface area (Å²) < 4.78 is 26.1. The third-order valence-electron chi connectivity index (χ3n) is 2.70. The number of anilines is 2. The van der Waals surface area contributed by atoms with E-state index in [1.165, 1.54) is 11.3 Å². The Morgan fingerprint density at radius 3 is 2.81 bits per heavy atom. The van der Waals surface area contributed by atoms with Crippen molar-refractivity contribution in [1.82, 2.24) is 4.98 Å². The molecule has 0 aliphatic rings. The highest BCUT2D eigenvalue weighted by molar-refractivity contribution is 7.99. The molecule has 0 bridgehead atoms. The molecule has 3 rings (SSSR count). The van der Waals surface area contributed by atoms with Crippen LogP contribution >= 0.6 is 34.7 Å². The fourth-order valence-electron chi connectivity index (χ4n) is 1.84. The molecule has 0 radical (unpaired) electrons. The number of halogens is 3. The molecule has 2 aromatic carbocycles. The van der Waals surface area contributed by atoms with E-state index in [1.54, 1.807) is 30.3 Å². The first-order valence-corrected chi connectivity index (χ1v) is 8.06. The molecular formula is C14H9ClF2N2S2. The van der Waals surface area contributed by atoms with Crippen LogP contribution in [0.5, 0.6) is 0 Å². The Labute approximate surface area is 133 Å². The minimum absolute atomic E-state index is 0.491. The molecule has 7 heteroatoms. The molecule has 1 heterocycles.